The highest BCUT2D eigenvalue weighted by Gasteiger charge is 2.31. The van der Waals surface area contributed by atoms with E-state index in [0.29, 0.717) is 5.02 Å². The summed E-state index contributed by atoms with van der Waals surface area (Å²) in [5, 5.41) is 0.511. The zero-order valence-electron chi connectivity index (χ0n) is 13.2. The molecule has 4 nitrogen and oxygen atoms in total. The summed E-state index contributed by atoms with van der Waals surface area (Å²) < 4.78 is 34.0. The molecule has 0 unspecified atom stereocenters. The molecule has 0 heterocycles. The van der Waals surface area contributed by atoms with Crippen LogP contribution in [0.1, 0.15) is 25.7 Å². The topological polar surface area (TPSA) is 55.4 Å². The number of nitrogens with one attached hydrogen (secondary N) is 1. The minimum atomic E-state index is -3.59. The first-order valence-electron chi connectivity index (χ1n) is 8.04. The average molecular weight is 366 g/mol. The Balaban J connectivity index is 1.74. The first-order chi connectivity index (χ1) is 11.5. The Morgan fingerprint density at radius 3 is 2.33 bits per heavy atom. The molecule has 0 amide bonds. The maximum absolute atomic E-state index is 12.6. The van der Waals surface area contributed by atoms with E-state index < -0.39 is 10.0 Å². The van der Waals surface area contributed by atoms with Crippen molar-refractivity contribution in [2.24, 2.45) is 0 Å². The number of hydrogen-bond donors (Lipinski definition) is 1. The van der Waals surface area contributed by atoms with Crippen molar-refractivity contribution in [2.45, 2.75) is 42.7 Å². The lowest BCUT2D eigenvalue weighted by molar-refractivity contribution is 0.125. The quantitative estimate of drug-likeness (QED) is 0.871. The van der Waals surface area contributed by atoms with Crippen molar-refractivity contribution >= 4 is 21.6 Å². The third kappa shape index (κ3) is 4.29. The third-order valence-corrected chi connectivity index (χ3v) is 5.92. The largest absolute Gasteiger partial charge is 0.489 e. The molecule has 3 rings (SSSR count). The Kier molecular flexibility index (Phi) is 5.43. The summed E-state index contributed by atoms with van der Waals surface area (Å²) in [6.07, 6.45) is 3.47. The Morgan fingerprint density at radius 1 is 0.958 bits per heavy atom. The highest BCUT2D eigenvalue weighted by atomic mass is 35.5. The second-order valence-corrected chi connectivity index (χ2v) is 8.09. The first kappa shape index (κ1) is 17.3. The van der Waals surface area contributed by atoms with Gasteiger partial charge in [-0.15, -0.1) is 0 Å². The molecule has 1 N–H and O–H groups in total. The Hall–Kier alpha value is -1.56. The van der Waals surface area contributed by atoms with E-state index in [1.165, 1.54) is 12.1 Å². The minimum Gasteiger partial charge on any atom is -0.489 e. The fraction of sp³-hybridized carbons (Fsp3) is 0.333. The molecule has 1 aliphatic carbocycles. The van der Waals surface area contributed by atoms with Crippen LogP contribution in [0.5, 0.6) is 5.75 Å². The van der Waals surface area contributed by atoms with Crippen molar-refractivity contribution in [1.82, 2.24) is 4.72 Å². The predicted molar refractivity (Wildman–Crippen MR) is 94.9 cm³/mol. The van der Waals surface area contributed by atoms with E-state index in [1.807, 2.05) is 30.3 Å². The molecular formula is C18H20ClNO3S. The van der Waals surface area contributed by atoms with Crippen LogP contribution in [0.2, 0.25) is 5.02 Å². The third-order valence-electron chi connectivity index (χ3n) is 4.16. The summed E-state index contributed by atoms with van der Waals surface area (Å²) in [6, 6.07) is 15.5. The Bertz CT molecular complexity index is 763. The van der Waals surface area contributed by atoms with Crippen LogP contribution in [-0.4, -0.2) is 20.6 Å². The lowest BCUT2D eigenvalue weighted by Gasteiger charge is -2.32. The van der Waals surface area contributed by atoms with Gasteiger partial charge >= 0.3 is 0 Å². The van der Waals surface area contributed by atoms with Crippen molar-refractivity contribution in [2.75, 3.05) is 0 Å². The van der Waals surface area contributed by atoms with Gasteiger partial charge in [0.2, 0.25) is 10.0 Å². The van der Waals surface area contributed by atoms with Crippen molar-refractivity contribution < 1.29 is 13.2 Å². The van der Waals surface area contributed by atoms with Crippen molar-refractivity contribution in [3.05, 3.63) is 59.6 Å². The van der Waals surface area contributed by atoms with Crippen molar-refractivity contribution in [1.29, 1.82) is 0 Å². The van der Waals surface area contributed by atoms with E-state index in [-0.39, 0.29) is 17.0 Å². The van der Waals surface area contributed by atoms with Gasteiger partial charge in [0.05, 0.1) is 10.9 Å². The van der Waals surface area contributed by atoms with Gasteiger partial charge in [-0.05, 0) is 55.7 Å². The number of hydrogen-bond acceptors (Lipinski definition) is 3. The summed E-state index contributed by atoms with van der Waals surface area (Å²) in [5.41, 5.74) is 0. The standard InChI is InChI=1S/C18H20ClNO3S/c19-14-10-12-16(13-11-14)24(21,22)20-17-8-4-5-9-18(17)23-15-6-2-1-3-7-15/h1-3,6-7,10-13,17-18,20H,4-5,8-9H2/t17-,18-/m0/s1. The van der Waals surface area contributed by atoms with Gasteiger partial charge in [0.15, 0.2) is 0 Å². The molecule has 6 heteroatoms. The van der Waals surface area contributed by atoms with Crippen LogP contribution in [0, 0.1) is 0 Å². The summed E-state index contributed by atoms with van der Waals surface area (Å²) in [6.45, 7) is 0. The fourth-order valence-corrected chi connectivity index (χ4v) is 4.35. The van der Waals surface area contributed by atoms with Gasteiger partial charge < -0.3 is 4.74 Å². The molecule has 0 radical (unpaired) electrons. The molecule has 1 fully saturated rings. The number of benzene rings is 2. The van der Waals surface area contributed by atoms with Crippen LogP contribution in [0.15, 0.2) is 59.5 Å². The SMILES string of the molecule is O=S(=O)(N[C@H]1CCCC[C@@H]1Oc1ccccc1)c1ccc(Cl)cc1. The molecule has 128 valence electrons. The Morgan fingerprint density at radius 2 is 1.62 bits per heavy atom. The molecule has 1 saturated carbocycles. The van der Waals surface area contributed by atoms with Gasteiger partial charge in [0, 0.05) is 5.02 Å². The van der Waals surface area contributed by atoms with E-state index in [2.05, 4.69) is 4.72 Å². The summed E-state index contributed by atoms with van der Waals surface area (Å²) in [7, 11) is -3.59. The van der Waals surface area contributed by atoms with Crippen molar-refractivity contribution in [3.8, 4) is 5.75 Å². The Labute approximate surface area is 147 Å². The zero-order chi connectivity index (χ0) is 17.0. The lowest BCUT2D eigenvalue weighted by Crippen LogP contribution is -2.47. The maximum Gasteiger partial charge on any atom is 0.240 e. The van der Waals surface area contributed by atoms with Gasteiger partial charge in [-0.25, -0.2) is 13.1 Å². The zero-order valence-corrected chi connectivity index (χ0v) is 14.8. The number of halogens is 1. The lowest BCUT2D eigenvalue weighted by atomic mass is 9.93. The van der Waals surface area contributed by atoms with Crippen LogP contribution < -0.4 is 9.46 Å². The fourth-order valence-electron chi connectivity index (χ4n) is 2.93. The molecule has 1 aliphatic rings. The smallest absolute Gasteiger partial charge is 0.240 e. The summed E-state index contributed by atoms with van der Waals surface area (Å²) in [5.74, 6) is 0.764. The molecule has 2 atom stereocenters. The van der Waals surface area contributed by atoms with Crippen LogP contribution in [0.3, 0.4) is 0 Å². The molecule has 2 aromatic rings. The molecule has 24 heavy (non-hydrogen) atoms. The van der Waals surface area contributed by atoms with E-state index in [0.717, 1.165) is 31.4 Å². The van der Waals surface area contributed by atoms with Crippen molar-refractivity contribution in [3.63, 3.8) is 0 Å². The maximum atomic E-state index is 12.6. The van der Waals surface area contributed by atoms with Crippen LogP contribution in [0.4, 0.5) is 0 Å². The molecule has 0 saturated heterocycles. The monoisotopic (exact) mass is 365 g/mol. The number of ether oxygens (including phenoxy) is 1. The second kappa shape index (κ2) is 7.55. The van der Waals surface area contributed by atoms with E-state index in [9.17, 15) is 8.42 Å². The molecule has 0 aromatic heterocycles. The van der Waals surface area contributed by atoms with Gasteiger partial charge in [0.25, 0.3) is 0 Å². The van der Waals surface area contributed by atoms with Crippen LogP contribution in [-0.2, 0) is 10.0 Å². The molecule has 0 aliphatic heterocycles. The predicted octanol–water partition coefficient (Wildman–Crippen LogP) is 4.01. The van der Waals surface area contributed by atoms with Crippen LogP contribution in [0.25, 0.3) is 0 Å². The minimum absolute atomic E-state index is 0.164. The first-order valence-corrected chi connectivity index (χ1v) is 9.90. The summed E-state index contributed by atoms with van der Waals surface area (Å²) >= 11 is 5.83. The van der Waals surface area contributed by atoms with E-state index in [4.69, 9.17) is 16.3 Å². The van der Waals surface area contributed by atoms with Gasteiger partial charge in [0.1, 0.15) is 11.9 Å². The molecule has 0 spiro atoms. The van der Waals surface area contributed by atoms with E-state index >= 15 is 0 Å². The average Bonchev–Trinajstić information content (AvgIpc) is 2.58. The van der Waals surface area contributed by atoms with Gasteiger partial charge in [-0.1, -0.05) is 36.2 Å². The highest BCUT2D eigenvalue weighted by molar-refractivity contribution is 7.89. The molecule has 0 bridgehead atoms. The van der Waals surface area contributed by atoms with E-state index in [1.54, 1.807) is 12.1 Å². The highest BCUT2D eigenvalue weighted by Crippen LogP contribution is 2.25. The van der Waals surface area contributed by atoms with Gasteiger partial charge in [-0.2, -0.15) is 0 Å². The normalized spacial score (nSPS) is 21.4. The number of para-hydroxylation sites is 1. The second-order valence-electron chi connectivity index (χ2n) is 5.94. The van der Waals surface area contributed by atoms with Crippen LogP contribution >= 0.6 is 11.6 Å². The number of sulfonamides is 1. The van der Waals surface area contributed by atoms with Gasteiger partial charge in [-0.3, -0.25) is 0 Å². The molecular weight excluding hydrogens is 346 g/mol. The number of rotatable bonds is 5. The molecule has 2 aromatic carbocycles. The summed E-state index contributed by atoms with van der Waals surface area (Å²) in [4.78, 5) is 0.218.